The molecule has 142 valence electrons. The van der Waals surface area contributed by atoms with Crippen LogP contribution >= 0.6 is 0 Å². The van der Waals surface area contributed by atoms with Crippen molar-refractivity contribution in [1.82, 2.24) is 9.21 Å². The second kappa shape index (κ2) is 6.85. The SMILES string of the molecule is O=C1OCC2(Cc3ccccc3)CN(S(=O)(=O)CC3CCCC3)CCN12. The fourth-order valence-corrected chi connectivity index (χ4v) is 6.56. The van der Waals surface area contributed by atoms with Crippen molar-refractivity contribution in [2.24, 2.45) is 5.92 Å². The Kier molecular flexibility index (Phi) is 4.69. The lowest BCUT2D eigenvalue weighted by molar-refractivity contribution is 0.0915. The molecule has 1 unspecified atom stereocenters. The molecule has 2 aliphatic heterocycles. The number of carbonyl (C=O) groups excluding carboxylic acids is 1. The lowest BCUT2D eigenvalue weighted by atomic mass is 9.89. The Bertz CT molecular complexity index is 761. The first-order valence-corrected chi connectivity index (χ1v) is 11.1. The van der Waals surface area contributed by atoms with Gasteiger partial charge in [0.1, 0.15) is 6.61 Å². The van der Waals surface area contributed by atoms with Crippen molar-refractivity contribution < 1.29 is 17.9 Å². The van der Waals surface area contributed by atoms with Gasteiger partial charge in [-0.2, -0.15) is 4.31 Å². The second-order valence-corrected chi connectivity index (χ2v) is 9.87. The summed E-state index contributed by atoms with van der Waals surface area (Å²) in [5.74, 6) is 0.521. The van der Waals surface area contributed by atoms with Gasteiger partial charge in [-0.05, 0) is 24.3 Å². The molecule has 2 saturated heterocycles. The number of nitrogens with zero attached hydrogens (tertiary/aromatic N) is 2. The van der Waals surface area contributed by atoms with Gasteiger partial charge in [0, 0.05) is 26.1 Å². The molecule has 0 spiro atoms. The molecular formula is C19H26N2O4S. The van der Waals surface area contributed by atoms with Gasteiger partial charge in [-0.3, -0.25) is 4.90 Å². The Morgan fingerprint density at radius 1 is 1.12 bits per heavy atom. The van der Waals surface area contributed by atoms with Crippen molar-refractivity contribution in [2.45, 2.75) is 37.6 Å². The highest BCUT2D eigenvalue weighted by molar-refractivity contribution is 7.89. The van der Waals surface area contributed by atoms with E-state index in [2.05, 4.69) is 0 Å². The summed E-state index contributed by atoms with van der Waals surface area (Å²) in [5, 5.41) is 0. The topological polar surface area (TPSA) is 66.9 Å². The van der Waals surface area contributed by atoms with E-state index in [1.807, 2.05) is 30.3 Å². The molecule has 3 aliphatic rings. The van der Waals surface area contributed by atoms with Gasteiger partial charge in [0.15, 0.2) is 0 Å². The van der Waals surface area contributed by atoms with Crippen molar-refractivity contribution in [2.75, 3.05) is 32.0 Å². The lowest BCUT2D eigenvalue weighted by Crippen LogP contribution is -2.63. The predicted octanol–water partition coefficient (Wildman–Crippen LogP) is 2.26. The van der Waals surface area contributed by atoms with Crippen LogP contribution in [0.2, 0.25) is 0 Å². The molecule has 7 heteroatoms. The summed E-state index contributed by atoms with van der Waals surface area (Å²) < 4.78 is 32.9. The fourth-order valence-electron chi connectivity index (χ4n) is 4.62. The van der Waals surface area contributed by atoms with Crippen LogP contribution in [0.4, 0.5) is 4.79 Å². The maximum Gasteiger partial charge on any atom is 0.410 e. The summed E-state index contributed by atoms with van der Waals surface area (Å²) >= 11 is 0. The number of fused-ring (bicyclic) bond motifs is 1. The van der Waals surface area contributed by atoms with Crippen LogP contribution in [0.1, 0.15) is 31.2 Å². The highest BCUT2D eigenvalue weighted by Crippen LogP contribution is 2.34. The Hall–Kier alpha value is -1.60. The van der Waals surface area contributed by atoms with Gasteiger partial charge in [-0.25, -0.2) is 13.2 Å². The van der Waals surface area contributed by atoms with Crippen molar-refractivity contribution in [3.05, 3.63) is 35.9 Å². The molecule has 1 aromatic carbocycles. The molecule has 0 aromatic heterocycles. The van der Waals surface area contributed by atoms with E-state index in [0.29, 0.717) is 26.1 Å². The molecule has 4 rings (SSSR count). The van der Waals surface area contributed by atoms with E-state index in [1.54, 1.807) is 9.21 Å². The molecule has 26 heavy (non-hydrogen) atoms. The van der Waals surface area contributed by atoms with Gasteiger partial charge in [0.05, 0.1) is 11.3 Å². The summed E-state index contributed by atoms with van der Waals surface area (Å²) in [7, 11) is -3.31. The largest absolute Gasteiger partial charge is 0.447 e. The minimum absolute atomic E-state index is 0.239. The van der Waals surface area contributed by atoms with Crippen LogP contribution in [0.15, 0.2) is 30.3 Å². The standard InChI is InChI=1S/C19H26N2O4S/c22-18-21-11-10-20(26(23,24)13-17-8-4-5-9-17)14-19(21,15-25-18)12-16-6-2-1-3-7-16/h1-3,6-7,17H,4-5,8-15H2. The van der Waals surface area contributed by atoms with Crippen LogP contribution < -0.4 is 0 Å². The maximum absolute atomic E-state index is 13.0. The summed E-state index contributed by atoms with van der Waals surface area (Å²) in [6, 6.07) is 9.91. The summed E-state index contributed by atoms with van der Waals surface area (Å²) in [4.78, 5) is 13.9. The first kappa shape index (κ1) is 17.8. The van der Waals surface area contributed by atoms with Crippen LogP contribution in [0.3, 0.4) is 0 Å². The first-order chi connectivity index (χ1) is 12.5. The fraction of sp³-hybridized carbons (Fsp3) is 0.632. The normalized spacial score (nSPS) is 27.5. The maximum atomic E-state index is 13.0. The molecule has 0 bridgehead atoms. The Labute approximate surface area is 155 Å². The highest BCUT2D eigenvalue weighted by atomic mass is 32.2. The first-order valence-electron chi connectivity index (χ1n) is 9.45. The number of cyclic esters (lactones) is 1. The number of hydrogen-bond donors (Lipinski definition) is 0. The number of piperazine rings is 1. The van der Waals surface area contributed by atoms with E-state index in [-0.39, 0.29) is 24.4 Å². The molecule has 1 aliphatic carbocycles. The number of sulfonamides is 1. The van der Waals surface area contributed by atoms with E-state index in [9.17, 15) is 13.2 Å². The highest BCUT2D eigenvalue weighted by Gasteiger charge is 2.52. The van der Waals surface area contributed by atoms with Crippen LogP contribution in [-0.4, -0.2) is 61.2 Å². The van der Waals surface area contributed by atoms with Gasteiger partial charge in [0.25, 0.3) is 0 Å². The van der Waals surface area contributed by atoms with Gasteiger partial charge in [-0.1, -0.05) is 43.2 Å². The van der Waals surface area contributed by atoms with Crippen LogP contribution in [0, 0.1) is 5.92 Å². The van der Waals surface area contributed by atoms with Crippen molar-refractivity contribution >= 4 is 16.1 Å². The summed E-state index contributed by atoms with van der Waals surface area (Å²) in [6.07, 6.45) is 4.57. The molecular weight excluding hydrogens is 352 g/mol. The molecule has 0 radical (unpaired) electrons. The van der Waals surface area contributed by atoms with Crippen molar-refractivity contribution in [3.8, 4) is 0 Å². The average Bonchev–Trinajstić information content (AvgIpc) is 3.23. The van der Waals surface area contributed by atoms with Crippen molar-refractivity contribution in [3.63, 3.8) is 0 Å². The molecule has 3 fully saturated rings. The predicted molar refractivity (Wildman–Crippen MR) is 98.2 cm³/mol. The monoisotopic (exact) mass is 378 g/mol. The van der Waals surface area contributed by atoms with Crippen LogP contribution in [0.5, 0.6) is 0 Å². The van der Waals surface area contributed by atoms with Crippen molar-refractivity contribution in [1.29, 1.82) is 0 Å². The minimum atomic E-state index is -3.31. The molecule has 1 amide bonds. The molecule has 1 saturated carbocycles. The second-order valence-electron chi connectivity index (χ2n) is 7.86. The Balaban J connectivity index is 1.55. The third-order valence-electron chi connectivity index (χ3n) is 5.99. The van der Waals surface area contributed by atoms with E-state index in [0.717, 1.165) is 31.2 Å². The van der Waals surface area contributed by atoms with Gasteiger partial charge in [-0.15, -0.1) is 0 Å². The Morgan fingerprint density at radius 2 is 1.85 bits per heavy atom. The third-order valence-corrected chi connectivity index (χ3v) is 7.98. The quantitative estimate of drug-likeness (QED) is 0.788. The minimum Gasteiger partial charge on any atom is -0.447 e. The van der Waals surface area contributed by atoms with E-state index in [1.165, 1.54) is 0 Å². The van der Waals surface area contributed by atoms with Crippen LogP contribution in [0.25, 0.3) is 0 Å². The number of amides is 1. The number of carbonyl (C=O) groups is 1. The zero-order chi connectivity index (χ0) is 18.2. The van der Waals surface area contributed by atoms with E-state index in [4.69, 9.17) is 4.74 Å². The Morgan fingerprint density at radius 3 is 2.58 bits per heavy atom. The summed E-state index contributed by atoms with van der Waals surface area (Å²) in [6.45, 7) is 1.33. The number of hydrogen-bond acceptors (Lipinski definition) is 4. The lowest BCUT2D eigenvalue weighted by Gasteiger charge is -2.44. The molecule has 2 heterocycles. The molecule has 1 atom stereocenters. The molecule has 0 N–H and O–H groups in total. The van der Waals surface area contributed by atoms with Gasteiger partial charge < -0.3 is 4.74 Å². The smallest absolute Gasteiger partial charge is 0.410 e. The molecule has 6 nitrogen and oxygen atoms in total. The van der Waals surface area contributed by atoms with Gasteiger partial charge >= 0.3 is 6.09 Å². The molecule has 1 aromatic rings. The average molecular weight is 378 g/mol. The summed E-state index contributed by atoms with van der Waals surface area (Å²) in [5.41, 5.74) is 0.491. The van der Waals surface area contributed by atoms with E-state index < -0.39 is 15.6 Å². The van der Waals surface area contributed by atoms with Crippen LogP contribution in [-0.2, 0) is 21.2 Å². The number of ether oxygens (including phenoxy) is 1. The third kappa shape index (κ3) is 3.34. The zero-order valence-electron chi connectivity index (χ0n) is 15.0. The van der Waals surface area contributed by atoms with E-state index >= 15 is 0 Å². The van der Waals surface area contributed by atoms with Gasteiger partial charge in [0.2, 0.25) is 10.0 Å². The number of rotatable bonds is 5. The zero-order valence-corrected chi connectivity index (χ0v) is 15.8. The number of benzene rings is 1.